The minimum absolute atomic E-state index is 0.245. The molecule has 2 aromatic rings. The molecule has 5 nitrogen and oxygen atoms in total. The fourth-order valence-corrected chi connectivity index (χ4v) is 2.89. The van der Waals surface area contributed by atoms with Crippen LogP contribution in [0.4, 0.5) is 10.5 Å². The van der Waals surface area contributed by atoms with Crippen molar-refractivity contribution >= 4 is 17.6 Å². The van der Waals surface area contributed by atoms with E-state index in [0.29, 0.717) is 5.56 Å². The number of hydrazine groups is 1. The Morgan fingerprint density at radius 3 is 2.07 bits per heavy atom. The van der Waals surface area contributed by atoms with Crippen LogP contribution in [0.1, 0.15) is 53.4 Å². The molecule has 27 heavy (non-hydrogen) atoms. The SMILES string of the molecule is Cc1cc(C)cc(C(=O)N(NC(=O)Nc2cccc(C)c2C)C(C)(C)C)c1. The number of anilines is 1. The molecule has 0 aliphatic carbocycles. The van der Waals surface area contributed by atoms with E-state index in [-0.39, 0.29) is 5.91 Å². The molecule has 5 heteroatoms. The zero-order valence-corrected chi connectivity index (χ0v) is 17.2. The van der Waals surface area contributed by atoms with Crippen molar-refractivity contribution in [2.75, 3.05) is 5.32 Å². The molecular formula is C22H29N3O2. The second-order valence-corrected chi connectivity index (χ2v) is 8.00. The number of amides is 3. The Balaban J connectivity index is 2.25. The highest BCUT2D eigenvalue weighted by molar-refractivity contribution is 5.98. The average Bonchev–Trinajstić information content (AvgIpc) is 2.54. The number of hydrogen-bond donors (Lipinski definition) is 2. The summed E-state index contributed by atoms with van der Waals surface area (Å²) in [6.07, 6.45) is 0. The summed E-state index contributed by atoms with van der Waals surface area (Å²) in [5.41, 5.74) is 7.50. The number of nitrogens with one attached hydrogen (secondary N) is 2. The molecule has 0 atom stereocenters. The summed E-state index contributed by atoms with van der Waals surface area (Å²) in [7, 11) is 0. The normalized spacial score (nSPS) is 11.1. The highest BCUT2D eigenvalue weighted by Gasteiger charge is 2.29. The van der Waals surface area contributed by atoms with Gasteiger partial charge in [0.25, 0.3) is 5.91 Å². The standard InChI is InChI=1S/C22H29N3O2/c1-14-11-15(2)13-18(12-14)20(26)25(22(5,6)7)24-21(27)23-19-10-8-9-16(3)17(19)4/h8-13H,1-7H3,(H2,23,24,27). The Labute approximate surface area is 161 Å². The number of aryl methyl sites for hydroxylation is 3. The number of urea groups is 1. The van der Waals surface area contributed by atoms with E-state index in [0.717, 1.165) is 27.9 Å². The monoisotopic (exact) mass is 367 g/mol. The first-order valence-electron chi connectivity index (χ1n) is 9.06. The van der Waals surface area contributed by atoms with Gasteiger partial charge in [-0.3, -0.25) is 4.79 Å². The number of rotatable bonds is 2. The molecule has 0 saturated heterocycles. The highest BCUT2D eigenvalue weighted by Crippen LogP contribution is 2.20. The van der Waals surface area contributed by atoms with Crippen LogP contribution in [0, 0.1) is 27.7 Å². The van der Waals surface area contributed by atoms with E-state index in [1.807, 2.05) is 84.9 Å². The first-order valence-corrected chi connectivity index (χ1v) is 9.06. The van der Waals surface area contributed by atoms with E-state index < -0.39 is 11.6 Å². The molecule has 0 aromatic heterocycles. The maximum atomic E-state index is 13.1. The number of benzene rings is 2. The predicted molar refractivity (Wildman–Crippen MR) is 110 cm³/mol. The molecule has 0 spiro atoms. The molecule has 0 aliphatic heterocycles. The van der Waals surface area contributed by atoms with Crippen molar-refractivity contribution in [3.05, 3.63) is 64.2 Å². The van der Waals surface area contributed by atoms with Gasteiger partial charge in [0.15, 0.2) is 0 Å². The van der Waals surface area contributed by atoms with E-state index >= 15 is 0 Å². The van der Waals surface area contributed by atoms with Crippen molar-refractivity contribution in [3.63, 3.8) is 0 Å². The topological polar surface area (TPSA) is 61.4 Å². The molecule has 144 valence electrons. The van der Waals surface area contributed by atoms with Crippen molar-refractivity contribution in [2.24, 2.45) is 0 Å². The fraction of sp³-hybridized carbons (Fsp3) is 0.364. The smallest absolute Gasteiger partial charge is 0.306 e. The Morgan fingerprint density at radius 2 is 1.52 bits per heavy atom. The van der Waals surface area contributed by atoms with E-state index in [1.54, 1.807) is 0 Å². The lowest BCUT2D eigenvalue weighted by molar-refractivity contribution is 0.0460. The molecule has 0 saturated carbocycles. The van der Waals surface area contributed by atoms with Gasteiger partial charge in [-0.1, -0.05) is 29.3 Å². The number of carbonyl (C=O) groups excluding carboxylic acids is 2. The lowest BCUT2D eigenvalue weighted by Crippen LogP contribution is -2.56. The van der Waals surface area contributed by atoms with Crippen molar-refractivity contribution < 1.29 is 9.59 Å². The van der Waals surface area contributed by atoms with Gasteiger partial charge in [-0.2, -0.15) is 0 Å². The van der Waals surface area contributed by atoms with E-state index in [9.17, 15) is 9.59 Å². The van der Waals surface area contributed by atoms with Crippen LogP contribution in [-0.2, 0) is 0 Å². The van der Waals surface area contributed by atoms with Gasteiger partial charge in [-0.15, -0.1) is 0 Å². The highest BCUT2D eigenvalue weighted by atomic mass is 16.2. The van der Waals surface area contributed by atoms with Gasteiger partial charge in [-0.05, 0) is 77.8 Å². The van der Waals surface area contributed by atoms with Crippen LogP contribution in [0.5, 0.6) is 0 Å². The van der Waals surface area contributed by atoms with E-state index in [4.69, 9.17) is 0 Å². The molecular weight excluding hydrogens is 338 g/mol. The third-order valence-electron chi connectivity index (χ3n) is 4.41. The number of hydrogen-bond acceptors (Lipinski definition) is 2. The maximum absolute atomic E-state index is 13.1. The second-order valence-electron chi connectivity index (χ2n) is 8.00. The lowest BCUT2D eigenvalue weighted by Gasteiger charge is -2.35. The summed E-state index contributed by atoms with van der Waals surface area (Å²) in [5.74, 6) is -0.245. The molecule has 0 bridgehead atoms. The van der Waals surface area contributed by atoms with Gasteiger partial charge in [0.2, 0.25) is 0 Å². The van der Waals surface area contributed by atoms with Crippen LogP contribution in [0.15, 0.2) is 36.4 Å². The molecule has 0 heterocycles. The minimum atomic E-state index is -0.590. The van der Waals surface area contributed by atoms with Crippen molar-refractivity contribution in [2.45, 2.75) is 54.0 Å². The first-order chi connectivity index (χ1) is 12.5. The molecule has 0 unspecified atom stereocenters. The lowest BCUT2D eigenvalue weighted by atomic mass is 10.0. The second kappa shape index (κ2) is 7.82. The van der Waals surface area contributed by atoms with Crippen molar-refractivity contribution in [1.29, 1.82) is 0 Å². The average molecular weight is 367 g/mol. The maximum Gasteiger partial charge on any atom is 0.338 e. The number of carbonyl (C=O) groups is 2. The quantitative estimate of drug-likeness (QED) is 0.742. The van der Waals surface area contributed by atoms with Crippen molar-refractivity contribution in [3.8, 4) is 0 Å². The van der Waals surface area contributed by atoms with Crippen LogP contribution < -0.4 is 10.7 Å². The van der Waals surface area contributed by atoms with Gasteiger partial charge in [0, 0.05) is 11.3 Å². The Morgan fingerprint density at radius 1 is 0.926 bits per heavy atom. The third-order valence-corrected chi connectivity index (χ3v) is 4.41. The molecule has 3 amide bonds. The zero-order chi connectivity index (χ0) is 20.4. The van der Waals surface area contributed by atoms with Crippen molar-refractivity contribution in [1.82, 2.24) is 10.4 Å². The molecule has 0 fully saturated rings. The summed E-state index contributed by atoms with van der Waals surface area (Å²) in [6, 6.07) is 10.9. The summed E-state index contributed by atoms with van der Waals surface area (Å²) < 4.78 is 0. The molecule has 2 aromatic carbocycles. The predicted octanol–water partition coefficient (Wildman–Crippen LogP) is 4.90. The summed E-state index contributed by atoms with van der Waals surface area (Å²) in [5, 5.41) is 4.22. The van der Waals surface area contributed by atoms with E-state index in [2.05, 4.69) is 10.7 Å². The summed E-state index contributed by atoms with van der Waals surface area (Å²) >= 11 is 0. The van der Waals surface area contributed by atoms with Gasteiger partial charge < -0.3 is 5.32 Å². The summed E-state index contributed by atoms with van der Waals surface area (Å²) in [6.45, 7) is 13.5. The van der Waals surface area contributed by atoms with Crippen LogP contribution >= 0.6 is 0 Å². The molecule has 0 aliphatic rings. The molecule has 2 rings (SSSR count). The molecule has 2 N–H and O–H groups in total. The first kappa shape index (κ1) is 20.5. The van der Waals surface area contributed by atoms with Crippen LogP contribution in [0.25, 0.3) is 0 Å². The Hall–Kier alpha value is -2.82. The zero-order valence-electron chi connectivity index (χ0n) is 17.2. The Kier molecular flexibility index (Phi) is 5.94. The van der Waals surface area contributed by atoms with Gasteiger partial charge in [-0.25, -0.2) is 15.2 Å². The van der Waals surface area contributed by atoms with Gasteiger partial charge in [0.1, 0.15) is 0 Å². The van der Waals surface area contributed by atoms with Crippen LogP contribution in [-0.4, -0.2) is 22.5 Å². The van der Waals surface area contributed by atoms with Crippen LogP contribution in [0.3, 0.4) is 0 Å². The van der Waals surface area contributed by atoms with E-state index in [1.165, 1.54) is 5.01 Å². The van der Waals surface area contributed by atoms with Gasteiger partial charge >= 0.3 is 6.03 Å². The Bertz CT molecular complexity index is 846. The fourth-order valence-electron chi connectivity index (χ4n) is 2.89. The molecule has 0 radical (unpaired) electrons. The third kappa shape index (κ3) is 5.09. The summed E-state index contributed by atoms with van der Waals surface area (Å²) in [4.78, 5) is 25.7. The van der Waals surface area contributed by atoms with Crippen LogP contribution in [0.2, 0.25) is 0 Å². The minimum Gasteiger partial charge on any atom is -0.306 e. The number of nitrogens with zero attached hydrogens (tertiary/aromatic N) is 1. The van der Waals surface area contributed by atoms with Gasteiger partial charge in [0.05, 0.1) is 5.54 Å². The largest absolute Gasteiger partial charge is 0.338 e.